The minimum absolute atomic E-state index is 0. The van der Waals surface area contributed by atoms with Crippen molar-refractivity contribution < 1.29 is 14.0 Å². The zero-order chi connectivity index (χ0) is 19.5. The molecule has 160 valence electrons. The Kier molecular flexibility index (Phi) is 7.52. The van der Waals surface area contributed by atoms with Gasteiger partial charge in [0, 0.05) is 17.6 Å². The van der Waals surface area contributed by atoms with E-state index in [-0.39, 0.29) is 41.9 Å². The van der Waals surface area contributed by atoms with E-state index in [0.29, 0.717) is 17.6 Å². The van der Waals surface area contributed by atoms with E-state index < -0.39 is 5.82 Å². The van der Waals surface area contributed by atoms with Crippen LogP contribution in [0.2, 0.25) is 0 Å². The summed E-state index contributed by atoms with van der Waals surface area (Å²) in [5, 5.41) is 9.08. The summed E-state index contributed by atoms with van der Waals surface area (Å²) in [5.41, 5.74) is 0.656. The smallest absolute Gasteiger partial charge is 0.241 e. The van der Waals surface area contributed by atoms with E-state index >= 15 is 0 Å². The standard InChI is InChI=1S/C22H30FN3O2.ClH/c23-17-11-10-16(13-19(17)26-21(27)14-6-2-1-3-7-14)24-22(28)20-12-15-8-4-5-9-18(15)25-20;/h10-11,13-15,18,20,25H,1-9,12H2,(H,24,28)(H,26,27);1H. The lowest BCUT2D eigenvalue weighted by Gasteiger charge is -2.24. The molecule has 3 fully saturated rings. The van der Waals surface area contributed by atoms with Crippen LogP contribution in [-0.2, 0) is 9.59 Å². The van der Waals surface area contributed by atoms with Crippen LogP contribution in [-0.4, -0.2) is 23.9 Å². The fourth-order valence-corrected chi connectivity index (χ4v) is 5.05. The Hall–Kier alpha value is -1.66. The molecule has 1 heterocycles. The number of rotatable bonds is 4. The van der Waals surface area contributed by atoms with Gasteiger partial charge in [-0.3, -0.25) is 9.59 Å². The van der Waals surface area contributed by atoms with Gasteiger partial charge in [0.1, 0.15) is 5.82 Å². The van der Waals surface area contributed by atoms with Crippen molar-refractivity contribution >= 4 is 35.6 Å². The Labute approximate surface area is 178 Å². The summed E-state index contributed by atoms with van der Waals surface area (Å²) < 4.78 is 14.2. The van der Waals surface area contributed by atoms with Gasteiger partial charge in [-0.25, -0.2) is 4.39 Å². The molecule has 0 radical (unpaired) electrons. The summed E-state index contributed by atoms with van der Waals surface area (Å²) >= 11 is 0. The lowest BCUT2D eigenvalue weighted by atomic mass is 9.85. The van der Waals surface area contributed by atoms with Crippen LogP contribution < -0.4 is 16.0 Å². The monoisotopic (exact) mass is 423 g/mol. The summed E-state index contributed by atoms with van der Waals surface area (Å²) in [6.45, 7) is 0. The van der Waals surface area contributed by atoms with Crippen LogP contribution >= 0.6 is 12.4 Å². The van der Waals surface area contributed by atoms with E-state index in [1.54, 1.807) is 6.07 Å². The highest BCUT2D eigenvalue weighted by Gasteiger charge is 2.38. The molecule has 0 aromatic heterocycles. The molecule has 7 heteroatoms. The third kappa shape index (κ3) is 5.28. The first-order valence-corrected chi connectivity index (χ1v) is 10.8. The zero-order valence-electron chi connectivity index (χ0n) is 16.7. The molecule has 4 rings (SSSR count). The number of fused-ring (bicyclic) bond motifs is 1. The number of nitrogens with one attached hydrogen (secondary N) is 3. The second kappa shape index (κ2) is 9.90. The maximum Gasteiger partial charge on any atom is 0.241 e. The number of benzene rings is 1. The molecule has 0 bridgehead atoms. The van der Waals surface area contributed by atoms with Crippen LogP contribution in [0.3, 0.4) is 0 Å². The molecule has 2 aliphatic carbocycles. The van der Waals surface area contributed by atoms with Gasteiger partial charge in [-0.1, -0.05) is 32.1 Å². The number of carbonyl (C=O) groups excluding carboxylic acids is 2. The lowest BCUT2D eigenvalue weighted by Crippen LogP contribution is -2.39. The Morgan fingerprint density at radius 1 is 0.931 bits per heavy atom. The minimum Gasteiger partial charge on any atom is -0.325 e. The molecule has 0 spiro atoms. The second-order valence-electron chi connectivity index (χ2n) is 8.61. The number of carbonyl (C=O) groups is 2. The van der Waals surface area contributed by atoms with E-state index in [1.807, 2.05) is 0 Å². The van der Waals surface area contributed by atoms with Crippen LogP contribution in [0.15, 0.2) is 18.2 Å². The van der Waals surface area contributed by atoms with Crippen molar-refractivity contribution in [1.82, 2.24) is 5.32 Å². The molecular formula is C22H31ClFN3O2. The molecule has 1 aliphatic heterocycles. The summed E-state index contributed by atoms with van der Waals surface area (Å²) in [5.74, 6) is -0.137. The first-order valence-electron chi connectivity index (χ1n) is 10.8. The van der Waals surface area contributed by atoms with E-state index in [9.17, 15) is 14.0 Å². The van der Waals surface area contributed by atoms with Gasteiger partial charge in [-0.15, -0.1) is 12.4 Å². The minimum atomic E-state index is -0.479. The van der Waals surface area contributed by atoms with Crippen LogP contribution in [0.5, 0.6) is 0 Å². The van der Waals surface area contributed by atoms with Crippen LogP contribution in [0.4, 0.5) is 15.8 Å². The van der Waals surface area contributed by atoms with Gasteiger partial charge in [-0.05, 0) is 56.2 Å². The number of anilines is 2. The van der Waals surface area contributed by atoms with Gasteiger partial charge in [0.2, 0.25) is 11.8 Å². The average Bonchev–Trinajstić information content (AvgIpc) is 3.15. The maximum atomic E-state index is 14.2. The third-order valence-electron chi connectivity index (χ3n) is 6.65. The third-order valence-corrected chi connectivity index (χ3v) is 6.65. The van der Waals surface area contributed by atoms with Gasteiger partial charge in [0.15, 0.2) is 0 Å². The second-order valence-corrected chi connectivity index (χ2v) is 8.61. The van der Waals surface area contributed by atoms with Crippen molar-refractivity contribution in [3.63, 3.8) is 0 Å². The highest BCUT2D eigenvalue weighted by Crippen LogP contribution is 2.33. The van der Waals surface area contributed by atoms with Crippen LogP contribution in [0, 0.1) is 17.7 Å². The predicted molar refractivity (Wildman–Crippen MR) is 115 cm³/mol. The van der Waals surface area contributed by atoms with Crippen molar-refractivity contribution in [3.8, 4) is 0 Å². The molecule has 2 amide bonds. The summed E-state index contributed by atoms with van der Waals surface area (Å²) in [6.07, 6.45) is 10.7. The molecule has 1 aromatic rings. The summed E-state index contributed by atoms with van der Waals surface area (Å²) in [4.78, 5) is 25.1. The Morgan fingerprint density at radius 3 is 2.41 bits per heavy atom. The Bertz CT molecular complexity index is 725. The fraction of sp³-hybridized carbons (Fsp3) is 0.636. The SMILES string of the molecule is Cl.O=C(Nc1cc(NC(=O)C2CC3CCCCC3N2)ccc1F)C1CCCCC1. The predicted octanol–water partition coefficient (Wildman–Crippen LogP) is 4.63. The average molecular weight is 424 g/mol. The molecule has 5 nitrogen and oxygen atoms in total. The largest absolute Gasteiger partial charge is 0.325 e. The normalized spacial score (nSPS) is 26.9. The number of hydrogen-bond acceptors (Lipinski definition) is 3. The van der Waals surface area contributed by atoms with Gasteiger partial charge < -0.3 is 16.0 Å². The number of halogens is 2. The highest BCUT2D eigenvalue weighted by molar-refractivity contribution is 5.97. The van der Waals surface area contributed by atoms with E-state index in [4.69, 9.17) is 0 Å². The number of amides is 2. The molecule has 3 N–H and O–H groups in total. The van der Waals surface area contributed by atoms with Gasteiger partial charge in [0.05, 0.1) is 11.7 Å². The van der Waals surface area contributed by atoms with Crippen molar-refractivity contribution in [2.24, 2.45) is 11.8 Å². The summed E-state index contributed by atoms with van der Waals surface area (Å²) in [6, 6.07) is 4.62. The molecule has 29 heavy (non-hydrogen) atoms. The van der Waals surface area contributed by atoms with Crippen molar-refractivity contribution in [2.75, 3.05) is 10.6 Å². The van der Waals surface area contributed by atoms with Crippen molar-refractivity contribution in [1.29, 1.82) is 0 Å². The van der Waals surface area contributed by atoms with E-state index in [2.05, 4.69) is 16.0 Å². The van der Waals surface area contributed by atoms with Gasteiger partial charge in [-0.2, -0.15) is 0 Å². The van der Waals surface area contributed by atoms with Crippen molar-refractivity contribution in [2.45, 2.75) is 76.3 Å². The van der Waals surface area contributed by atoms with Gasteiger partial charge >= 0.3 is 0 Å². The summed E-state index contributed by atoms with van der Waals surface area (Å²) in [7, 11) is 0. The van der Waals surface area contributed by atoms with Gasteiger partial charge in [0.25, 0.3) is 0 Å². The zero-order valence-corrected chi connectivity index (χ0v) is 17.5. The molecule has 2 saturated carbocycles. The first kappa shape index (κ1) is 22.0. The fourth-order valence-electron chi connectivity index (χ4n) is 5.05. The molecule has 3 unspecified atom stereocenters. The lowest BCUT2D eigenvalue weighted by molar-refractivity contribution is -0.120. The maximum absolute atomic E-state index is 14.2. The molecular weight excluding hydrogens is 393 g/mol. The highest BCUT2D eigenvalue weighted by atomic mass is 35.5. The van der Waals surface area contributed by atoms with E-state index in [1.165, 1.54) is 31.4 Å². The first-order chi connectivity index (χ1) is 13.6. The van der Waals surface area contributed by atoms with Crippen molar-refractivity contribution in [3.05, 3.63) is 24.0 Å². The van der Waals surface area contributed by atoms with Crippen LogP contribution in [0.1, 0.15) is 64.2 Å². The molecule has 3 atom stereocenters. The Balaban J connectivity index is 0.00000240. The van der Waals surface area contributed by atoms with Crippen LogP contribution in [0.25, 0.3) is 0 Å². The molecule has 1 saturated heterocycles. The van der Waals surface area contributed by atoms with E-state index in [0.717, 1.165) is 44.9 Å². The molecule has 1 aromatic carbocycles. The molecule has 3 aliphatic rings. The number of hydrogen-bond donors (Lipinski definition) is 3. The topological polar surface area (TPSA) is 70.2 Å². The quantitative estimate of drug-likeness (QED) is 0.661. The Morgan fingerprint density at radius 2 is 1.66 bits per heavy atom.